The van der Waals surface area contributed by atoms with Gasteiger partial charge in [-0.15, -0.1) is 0 Å². The zero-order valence-corrected chi connectivity index (χ0v) is 45.5. The predicted molar refractivity (Wildman–Crippen MR) is 289 cm³/mol. The largest absolute Gasteiger partial charge is 0.462 e. The van der Waals surface area contributed by atoms with Gasteiger partial charge in [-0.3, -0.25) is 14.4 Å². The first-order valence-electron chi connectivity index (χ1n) is 30.2. The third-order valence-electron chi connectivity index (χ3n) is 13.8. The number of hydrogen-bond donors (Lipinski definition) is 0. The van der Waals surface area contributed by atoms with E-state index in [2.05, 4.69) is 32.9 Å². The van der Waals surface area contributed by atoms with Gasteiger partial charge in [0.15, 0.2) is 6.10 Å². The first kappa shape index (κ1) is 65.1. The van der Waals surface area contributed by atoms with Crippen molar-refractivity contribution < 1.29 is 28.6 Å². The van der Waals surface area contributed by atoms with Gasteiger partial charge in [-0.2, -0.15) is 0 Å². The molecule has 0 aromatic rings. The molecular weight excluding hydrogens is 829 g/mol. The standard InChI is InChI=1S/C61H116O6/c1-4-7-10-13-16-18-20-22-24-25-26-27-28-29-30-31-32-33-34-35-36-37-38-40-41-43-45-48-51-54-60(63)66-57-58(56-65-59(62)53-50-47-15-12-9-6-3)67-61(64)55-52-49-46-44-42-39-23-21-19-17-14-11-8-5-2/h25-26,58H,4-24,27-57H2,1-3H3/b26-25-. The molecule has 0 aromatic heterocycles. The van der Waals surface area contributed by atoms with Crippen LogP contribution in [0.4, 0.5) is 0 Å². The summed E-state index contributed by atoms with van der Waals surface area (Å²) in [6, 6.07) is 0. The van der Waals surface area contributed by atoms with Crippen LogP contribution in [0, 0.1) is 0 Å². The fraction of sp³-hybridized carbons (Fsp3) is 0.918. The van der Waals surface area contributed by atoms with Crippen LogP contribution >= 0.6 is 0 Å². The van der Waals surface area contributed by atoms with Crippen molar-refractivity contribution in [1.29, 1.82) is 0 Å². The quantitative estimate of drug-likeness (QED) is 0.0262. The van der Waals surface area contributed by atoms with Gasteiger partial charge in [-0.1, -0.05) is 290 Å². The molecule has 6 heteroatoms. The Morgan fingerprint density at radius 2 is 0.493 bits per heavy atom. The van der Waals surface area contributed by atoms with Crippen LogP contribution in [0.3, 0.4) is 0 Å². The van der Waals surface area contributed by atoms with E-state index >= 15 is 0 Å². The fourth-order valence-corrected chi connectivity index (χ4v) is 9.21. The Labute approximate surface area is 418 Å². The number of carbonyl (C=O) groups is 3. The van der Waals surface area contributed by atoms with E-state index in [1.54, 1.807) is 0 Å². The molecule has 0 saturated carbocycles. The minimum absolute atomic E-state index is 0.0641. The van der Waals surface area contributed by atoms with Gasteiger partial charge < -0.3 is 14.2 Å². The van der Waals surface area contributed by atoms with Crippen molar-refractivity contribution in [3.8, 4) is 0 Å². The predicted octanol–water partition coefficient (Wildman–Crippen LogP) is 20.1. The van der Waals surface area contributed by atoms with E-state index in [1.165, 1.54) is 244 Å². The summed E-state index contributed by atoms with van der Waals surface area (Å²) >= 11 is 0. The zero-order chi connectivity index (χ0) is 48.6. The summed E-state index contributed by atoms with van der Waals surface area (Å²) in [6.07, 6.45) is 65.5. The molecule has 1 atom stereocenters. The van der Waals surface area contributed by atoms with Gasteiger partial charge in [0.05, 0.1) is 0 Å². The van der Waals surface area contributed by atoms with Crippen molar-refractivity contribution in [2.75, 3.05) is 13.2 Å². The summed E-state index contributed by atoms with van der Waals surface area (Å²) < 4.78 is 16.8. The summed E-state index contributed by atoms with van der Waals surface area (Å²) in [6.45, 7) is 6.63. The number of carbonyl (C=O) groups excluding carboxylic acids is 3. The lowest BCUT2D eigenvalue weighted by Crippen LogP contribution is -2.30. The highest BCUT2D eigenvalue weighted by Gasteiger charge is 2.19. The zero-order valence-electron chi connectivity index (χ0n) is 45.5. The maximum Gasteiger partial charge on any atom is 0.306 e. The van der Waals surface area contributed by atoms with Crippen LogP contribution in [-0.4, -0.2) is 37.2 Å². The van der Waals surface area contributed by atoms with Crippen LogP contribution in [-0.2, 0) is 28.6 Å². The van der Waals surface area contributed by atoms with E-state index in [0.717, 1.165) is 57.8 Å². The lowest BCUT2D eigenvalue weighted by molar-refractivity contribution is -0.167. The molecule has 1 unspecified atom stereocenters. The summed E-state index contributed by atoms with van der Waals surface area (Å²) in [5, 5.41) is 0. The first-order valence-corrected chi connectivity index (χ1v) is 30.2. The SMILES string of the molecule is CCCCCCCCCC/C=C\CCCCCCCCCCCCCCCCCCCC(=O)OCC(COC(=O)CCCCCCCC)OC(=O)CCCCCCCCCCCCCCCC. The fourth-order valence-electron chi connectivity index (χ4n) is 9.21. The van der Waals surface area contributed by atoms with Gasteiger partial charge in [-0.05, 0) is 44.9 Å². The Hall–Kier alpha value is -1.85. The van der Waals surface area contributed by atoms with Gasteiger partial charge in [0, 0.05) is 19.3 Å². The molecule has 6 nitrogen and oxygen atoms in total. The van der Waals surface area contributed by atoms with Crippen LogP contribution in [0.15, 0.2) is 12.2 Å². The van der Waals surface area contributed by atoms with Crippen LogP contribution in [0.2, 0.25) is 0 Å². The molecule has 0 aliphatic heterocycles. The van der Waals surface area contributed by atoms with Gasteiger partial charge in [0.25, 0.3) is 0 Å². The molecule has 0 spiro atoms. The van der Waals surface area contributed by atoms with E-state index in [0.29, 0.717) is 19.3 Å². The highest BCUT2D eigenvalue weighted by molar-refractivity contribution is 5.71. The Morgan fingerprint density at radius 1 is 0.284 bits per heavy atom. The molecule has 396 valence electrons. The third-order valence-corrected chi connectivity index (χ3v) is 13.8. The number of esters is 3. The monoisotopic (exact) mass is 945 g/mol. The highest BCUT2D eigenvalue weighted by atomic mass is 16.6. The Kier molecular flexibility index (Phi) is 55.2. The average molecular weight is 946 g/mol. The molecular formula is C61H116O6. The maximum absolute atomic E-state index is 12.8. The highest BCUT2D eigenvalue weighted by Crippen LogP contribution is 2.17. The maximum atomic E-state index is 12.8. The van der Waals surface area contributed by atoms with Crippen molar-refractivity contribution in [1.82, 2.24) is 0 Å². The van der Waals surface area contributed by atoms with E-state index in [-0.39, 0.29) is 31.1 Å². The van der Waals surface area contributed by atoms with E-state index in [1.807, 2.05) is 0 Å². The van der Waals surface area contributed by atoms with Crippen LogP contribution in [0.5, 0.6) is 0 Å². The second-order valence-corrected chi connectivity index (χ2v) is 20.6. The molecule has 0 aromatic carbocycles. The summed E-state index contributed by atoms with van der Waals surface area (Å²) in [4.78, 5) is 37.8. The lowest BCUT2D eigenvalue weighted by atomic mass is 10.0. The molecule has 0 bridgehead atoms. The van der Waals surface area contributed by atoms with Crippen molar-refractivity contribution in [3.63, 3.8) is 0 Å². The van der Waals surface area contributed by atoms with Crippen molar-refractivity contribution in [2.24, 2.45) is 0 Å². The van der Waals surface area contributed by atoms with Crippen LogP contribution in [0.25, 0.3) is 0 Å². The van der Waals surface area contributed by atoms with Crippen LogP contribution in [0.1, 0.15) is 342 Å². The summed E-state index contributed by atoms with van der Waals surface area (Å²) in [5.41, 5.74) is 0. The summed E-state index contributed by atoms with van der Waals surface area (Å²) in [5.74, 6) is -0.852. The average Bonchev–Trinajstić information content (AvgIpc) is 3.33. The molecule has 0 saturated heterocycles. The Morgan fingerprint density at radius 3 is 0.746 bits per heavy atom. The minimum atomic E-state index is -0.761. The Balaban J connectivity index is 3.95. The van der Waals surface area contributed by atoms with Gasteiger partial charge in [-0.25, -0.2) is 0 Å². The summed E-state index contributed by atoms with van der Waals surface area (Å²) in [7, 11) is 0. The van der Waals surface area contributed by atoms with Crippen molar-refractivity contribution in [3.05, 3.63) is 12.2 Å². The van der Waals surface area contributed by atoms with Crippen LogP contribution < -0.4 is 0 Å². The number of rotatable bonds is 56. The van der Waals surface area contributed by atoms with Gasteiger partial charge >= 0.3 is 17.9 Å². The van der Waals surface area contributed by atoms with E-state index in [9.17, 15) is 14.4 Å². The molecule has 0 heterocycles. The van der Waals surface area contributed by atoms with E-state index < -0.39 is 6.10 Å². The number of allylic oxidation sites excluding steroid dienone is 2. The molecule has 0 radical (unpaired) electrons. The normalized spacial score (nSPS) is 12.0. The minimum Gasteiger partial charge on any atom is -0.462 e. The number of ether oxygens (including phenoxy) is 3. The first-order chi connectivity index (χ1) is 33.0. The van der Waals surface area contributed by atoms with Crippen molar-refractivity contribution >= 4 is 17.9 Å². The molecule has 0 rings (SSSR count). The number of hydrogen-bond acceptors (Lipinski definition) is 6. The molecule has 0 amide bonds. The van der Waals surface area contributed by atoms with Gasteiger partial charge in [0.2, 0.25) is 0 Å². The smallest absolute Gasteiger partial charge is 0.306 e. The lowest BCUT2D eigenvalue weighted by Gasteiger charge is -2.18. The molecule has 0 N–H and O–H groups in total. The molecule has 0 aliphatic rings. The Bertz CT molecular complexity index is 1040. The topological polar surface area (TPSA) is 78.9 Å². The third kappa shape index (κ3) is 55.0. The second kappa shape index (κ2) is 56.7. The molecule has 0 aliphatic carbocycles. The van der Waals surface area contributed by atoms with Crippen molar-refractivity contribution in [2.45, 2.75) is 348 Å². The van der Waals surface area contributed by atoms with E-state index in [4.69, 9.17) is 14.2 Å². The van der Waals surface area contributed by atoms with Gasteiger partial charge in [0.1, 0.15) is 13.2 Å². The molecule has 67 heavy (non-hydrogen) atoms. The molecule has 0 fully saturated rings. The number of unbranched alkanes of at least 4 members (excludes halogenated alkanes) is 43. The second-order valence-electron chi connectivity index (χ2n) is 20.6.